The van der Waals surface area contributed by atoms with Gasteiger partial charge in [0.2, 0.25) is 5.95 Å². The van der Waals surface area contributed by atoms with Crippen molar-refractivity contribution in [2.75, 3.05) is 12.4 Å². The van der Waals surface area contributed by atoms with E-state index in [9.17, 15) is 9.90 Å². The van der Waals surface area contributed by atoms with Gasteiger partial charge in [-0.25, -0.2) is 4.79 Å². The van der Waals surface area contributed by atoms with E-state index in [1.165, 1.54) is 17.9 Å². The number of ether oxygens (including phenoxy) is 2. The fourth-order valence-electron chi connectivity index (χ4n) is 2.78. The van der Waals surface area contributed by atoms with Gasteiger partial charge in [0.05, 0.1) is 12.7 Å². The highest BCUT2D eigenvalue weighted by atomic mass is 16.6. The van der Waals surface area contributed by atoms with Crippen LogP contribution in [-0.4, -0.2) is 44.0 Å². The second-order valence-corrected chi connectivity index (χ2v) is 6.95. The highest BCUT2D eigenvalue weighted by Crippen LogP contribution is 2.38. The molecule has 0 bridgehead atoms. The molecule has 26 heavy (non-hydrogen) atoms. The van der Waals surface area contributed by atoms with Crippen molar-refractivity contribution in [3.05, 3.63) is 35.0 Å². The lowest BCUT2D eigenvalue weighted by Crippen LogP contribution is -2.33. The van der Waals surface area contributed by atoms with E-state index in [0.717, 1.165) is 0 Å². The zero-order valence-corrected chi connectivity index (χ0v) is 15.3. The molecule has 1 atom stereocenters. The summed E-state index contributed by atoms with van der Waals surface area (Å²) in [6.45, 7) is 7.18. The Morgan fingerprint density at radius 1 is 1.35 bits per heavy atom. The number of nitrogens with zero attached hydrogens (tertiary/aromatic N) is 4. The summed E-state index contributed by atoms with van der Waals surface area (Å²) in [5.41, 5.74) is 1.00. The lowest BCUT2D eigenvalue weighted by molar-refractivity contribution is -0.150. The average molecular weight is 359 g/mol. The van der Waals surface area contributed by atoms with Crippen LogP contribution < -0.4 is 10.1 Å². The number of nitrogens with one attached hydrogen (secondary N) is 1. The third-order valence-corrected chi connectivity index (χ3v) is 3.85. The molecule has 138 valence electrons. The van der Waals surface area contributed by atoms with Crippen LogP contribution in [0.25, 0.3) is 0 Å². The normalized spacial score (nSPS) is 16.7. The Morgan fingerprint density at radius 2 is 2.08 bits per heavy atom. The quantitative estimate of drug-likeness (QED) is 0.801. The Labute approximate surface area is 150 Å². The van der Waals surface area contributed by atoms with E-state index in [1.54, 1.807) is 39.8 Å². The van der Waals surface area contributed by atoms with Crippen molar-refractivity contribution in [2.45, 2.75) is 39.3 Å². The van der Waals surface area contributed by atoms with Crippen molar-refractivity contribution in [3.8, 4) is 11.5 Å². The number of aromatic nitrogens is 4. The zero-order valence-electron chi connectivity index (χ0n) is 15.3. The molecule has 0 saturated carbocycles. The summed E-state index contributed by atoms with van der Waals surface area (Å²) in [7, 11) is 1.46. The summed E-state index contributed by atoms with van der Waals surface area (Å²) in [6, 6.07) is 4.22. The van der Waals surface area contributed by atoms with E-state index in [-0.39, 0.29) is 11.5 Å². The van der Waals surface area contributed by atoms with Crippen molar-refractivity contribution in [2.24, 2.45) is 0 Å². The number of esters is 1. The number of hydrogen-bond acceptors (Lipinski definition) is 8. The molecule has 0 unspecified atom stereocenters. The van der Waals surface area contributed by atoms with Gasteiger partial charge in [-0.15, -0.1) is 0 Å². The number of benzene rings is 1. The second kappa shape index (κ2) is 6.32. The van der Waals surface area contributed by atoms with Gasteiger partial charge >= 0.3 is 5.97 Å². The van der Waals surface area contributed by atoms with Crippen LogP contribution in [-0.2, 0) is 9.53 Å². The minimum Gasteiger partial charge on any atom is -0.504 e. The summed E-state index contributed by atoms with van der Waals surface area (Å²) in [4.78, 5) is 12.9. The number of anilines is 1. The van der Waals surface area contributed by atoms with Crippen LogP contribution in [0.3, 0.4) is 0 Å². The molecule has 0 spiro atoms. The lowest BCUT2D eigenvalue weighted by atomic mass is 9.95. The average Bonchev–Trinajstić information content (AvgIpc) is 3.00. The van der Waals surface area contributed by atoms with E-state index in [4.69, 9.17) is 9.47 Å². The summed E-state index contributed by atoms with van der Waals surface area (Å²) in [5, 5.41) is 24.5. The minimum absolute atomic E-state index is 0.00152. The smallest absolute Gasteiger partial charge is 0.338 e. The van der Waals surface area contributed by atoms with Crippen molar-refractivity contribution in [1.82, 2.24) is 20.2 Å². The Morgan fingerprint density at radius 3 is 2.73 bits per heavy atom. The first-order valence-corrected chi connectivity index (χ1v) is 8.07. The molecule has 1 aliphatic heterocycles. The fraction of sp³-hybridized carbons (Fsp3) is 0.412. The van der Waals surface area contributed by atoms with Crippen LogP contribution in [0.15, 0.2) is 29.5 Å². The molecule has 0 amide bonds. The number of carbonyl (C=O) groups is 1. The predicted octanol–water partition coefficient (Wildman–Crippen LogP) is 2.02. The molecule has 2 N–H and O–H groups in total. The van der Waals surface area contributed by atoms with Crippen LogP contribution in [0.5, 0.6) is 11.5 Å². The van der Waals surface area contributed by atoms with Gasteiger partial charge < -0.3 is 19.9 Å². The molecule has 2 heterocycles. The number of rotatable bonds is 3. The third kappa shape index (κ3) is 3.19. The summed E-state index contributed by atoms with van der Waals surface area (Å²) in [5.74, 6) is 0.228. The van der Waals surface area contributed by atoms with Gasteiger partial charge in [0.25, 0.3) is 0 Å². The monoisotopic (exact) mass is 359 g/mol. The van der Waals surface area contributed by atoms with E-state index < -0.39 is 17.6 Å². The molecular formula is C17H21N5O4. The largest absolute Gasteiger partial charge is 0.504 e. The van der Waals surface area contributed by atoms with Crippen LogP contribution in [0.2, 0.25) is 0 Å². The van der Waals surface area contributed by atoms with E-state index in [0.29, 0.717) is 22.8 Å². The molecule has 9 nitrogen and oxygen atoms in total. The highest BCUT2D eigenvalue weighted by molar-refractivity contribution is 5.92. The van der Waals surface area contributed by atoms with Crippen molar-refractivity contribution < 1.29 is 19.4 Å². The number of carbonyl (C=O) groups excluding carboxylic acids is 1. The Balaban J connectivity index is 2.13. The number of fused-ring (bicyclic) bond motifs is 1. The van der Waals surface area contributed by atoms with Crippen LogP contribution in [0.1, 0.15) is 39.3 Å². The predicted molar refractivity (Wildman–Crippen MR) is 92.8 cm³/mol. The molecule has 1 aromatic carbocycles. The van der Waals surface area contributed by atoms with Gasteiger partial charge in [0, 0.05) is 5.70 Å². The Bertz CT molecular complexity index is 882. The second-order valence-electron chi connectivity index (χ2n) is 6.95. The van der Waals surface area contributed by atoms with Gasteiger partial charge in [0.1, 0.15) is 11.6 Å². The molecule has 1 aliphatic rings. The lowest BCUT2D eigenvalue weighted by Gasteiger charge is -2.29. The van der Waals surface area contributed by atoms with Gasteiger partial charge in [-0.05, 0) is 55.8 Å². The number of tetrazole rings is 1. The molecule has 2 aromatic rings. The van der Waals surface area contributed by atoms with E-state index in [1.807, 2.05) is 0 Å². The maximum Gasteiger partial charge on any atom is 0.338 e. The summed E-state index contributed by atoms with van der Waals surface area (Å²) in [6.07, 6.45) is 0. The molecule has 3 rings (SSSR count). The SMILES string of the molecule is COc1cc([C@H]2C(C(=O)OC(C)(C)C)=C(C)Nc3nnnn32)ccc1O. The number of hydrogen-bond donors (Lipinski definition) is 2. The standard InChI is InChI=1S/C17H21N5O4/c1-9-13(15(24)26-17(2,3)4)14(22-16(18-9)19-20-21-22)10-6-7-11(23)12(8-10)25-5/h6-8,14,23H,1-5H3,(H,18,19,21)/t14-/m0/s1. The van der Waals surface area contributed by atoms with Gasteiger partial charge in [0.15, 0.2) is 11.5 Å². The number of phenols is 1. The molecule has 9 heteroatoms. The molecule has 1 aromatic heterocycles. The first-order valence-electron chi connectivity index (χ1n) is 8.07. The maximum atomic E-state index is 12.9. The molecule has 0 fully saturated rings. The van der Waals surface area contributed by atoms with Crippen LogP contribution in [0.4, 0.5) is 5.95 Å². The van der Waals surface area contributed by atoms with Crippen LogP contribution >= 0.6 is 0 Å². The third-order valence-electron chi connectivity index (χ3n) is 3.85. The van der Waals surface area contributed by atoms with Crippen molar-refractivity contribution in [3.63, 3.8) is 0 Å². The zero-order chi connectivity index (χ0) is 19.1. The highest BCUT2D eigenvalue weighted by Gasteiger charge is 2.36. The van der Waals surface area contributed by atoms with E-state index in [2.05, 4.69) is 20.8 Å². The topological polar surface area (TPSA) is 111 Å². The van der Waals surface area contributed by atoms with Gasteiger partial charge in [-0.3, -0.25) is 0 Å². The van der Waals surface area contributed by atoms with Gasteiger partial charge in [-0.1, -0.05) is 11.2 Å². The number of allylic oxidation sites excluding steroid dienone is 1. The minimum atomic E-state index is -0.650. The Kier molecular flexibility index (Phi) is 4.31. The molecule has 0 radical (unpaired) electrons. The first kappa shape index (κ1) is 17.7. The number of methoxy groups -OCH3 is 1. The maximum absolute atomic E-state index is 12.9. The van der Waals surface area contributed by atoms with Crippen molar-refractivity contribution >= 4 is 11.9 Å². The Hall–Kier alpha value is -3.10. The van der Waals surface area contributed by atoms with E-state index >= 15 is 0 Å². The number of phenolic OH excluding ortho intramolecular Hbond substituents is 1. The van der Waals surface area contributed by atoms with Crippen molar-refractivity contribution in [1.29, 1.82) is 0 Å². The summed E-state index contributed by atoms with van der Waals surface area (Å²) >= 11 is 0. The van der Waals surface area contributed by atoms with Gasteiger partial charge in [-0.2, -0.15) is 4.68 Å². The fourth-order valence-corrected chi connectivity index (χ4v) is 2.78. The number of aromatic hydroxyl groups is 1. The first-order chi connectivity index (χ1) is 12.2. The molecule has 0 saturated heterocycles. The van der Waals surface area contributed by atoms with Crippen LogP contribution in [0, 0.1) is 0 Å². The molecular weight excluding hydrogens is 338 g/mol. The summed E-state index contributed by atoms with van der Waals surface area (Å²) < 4.78 is 12.3. The molecule has 0 aliphatic carbocycles.